The first kappa shape index (κ1) is 22.4. The first-order valence-corrected chi connectivity index (χ1v) is 10.4. The zero-order valence-electron chi connectivity index (χ0n) is 18.0. The third kappa shape index (κ3) is 4.44. The van der Waals surface area contributed by atoms with Crippen molar-refractivity contribution in [2.45, 2.75) is 27.7 Å². The number of hydrogen-bond acceptors (Lipinski definition) is 6. The number of allylic oxidation sites excluding steroid dienone is 2. The van der Waals surface area contributed by atoms with Crippen molar-refractivity contribution < 1.29 is 19.1 Å². The molecule has 0 aromatic heterocycles. The average Bonchev–Trinajstić information content (AvgIpc) is 2.75. The fourth-order valence-corrected chi connectivity index (χ4v) is 3.71. The van der Waals surface area contributed by atoms with Crippen molar-refractivity contribution in [2.24, 2.45) is 0 Å². The highest BCUT2D eigenvalue weighted by Crippen LogP contribution is 2.39. The Morgan fingerprint density at radius 2 is 1.19 bits per heavy atom. The molecule has 0 saturated heterocycles. The highest BCUT2D eigenvalue weighted by molar-refractivity contribution is 6.30. The molecule has 31 heavy (non-hydrogen) atoms. The van der Waals surface area contributed by atoms with Gasteiger partial charge in [0.05, 0.1) is 24.6 Å². The number of carbonyl (C=O) groups is 2. The molecule has 0 amide bonds. The molecule has 0 unspecified atom stereocenters. The van der Waals surface area contributed by atoms with Gasteiger partial charge >= 0.3 is 11.9 Å². The number of ether oxygens (including phenoxy) is 2. The van der Waals surface area contributed by atoms with Crippen LogP contribution in [0, 0.1) is 0 Å². The molecule has 0 saturated carbocycles. The summed E-state index contributed by atoms with van der Waals surface area (Å²) in [6.07, 6.45) is 0. The number of anilines is 2. The third-order valence-electron chi connectivity index (χ3n) is 4.84. The molecule has 0 spiro atoms. The normalized spacial score (nSPS) is 14.1. The maximum absolute atomic E-state index is 13.1. The van der Waals surface area contributed by atoms with E-state index in [9.17, 15) is 9.59 Å². The summed E-state index contributed by atoms with van der Waals surface area (Å²) in [6, 6.07) is 16.4. The van der Waals surface area contributed by atoms with Crippen molar-refractivity contribution in [3.8, 4) is 0 Å². The van der Waals surface area contributed by atoms with Gasteiger partial charge in [0.2, 0.25) is 0 Å². The SMILES string of the molecule is CCOC(=O)C1=C(C)N(c2ccc(Cl)cc2)C(C)=C(C(=O)OCC)N1c1ccccc1. The highest BCUT2D eigenvalue weighted by Gasteiger charge is 2.39. The summed E-state index contributed by atoms with van der Waals surface area (Å²) in [5, 5.41) is 0.589. The van der Waals surface area contributed by atoms with E-state index in [1.165, 1.54) is 0 Å². The minimum atomic E-state index is -0.530. The lowest BCUT2D eigenvalue weighted by molar-refractivity contribution is -0.139. The Kier molecular flexibility index (Phi) is 7.02. The molecule has 1 aliphatic rings. The molecule has 2 aromatic carbocycles. The molecule has 0 bridgehead atoms. The molecule has 0 aliphatic carbocycles. The fourth-order valence-electron chi connectivity index (χ4n) is 3.59. The molecule has 0 atom stereocenters. The van der Waals surface area contributed by atoms with Crippen LogP contribution in [0.15, 0.2) is 77.4 Å². The van der Waals surface area contributed by atoms with Crippen LogP contribution in [0.25, 0.3) is 0 Å². The Balaban J connectivity index is 2.30. The van der Waals surface area contributed by atoms with Gasteiger partial charge < -0.3 is 14.4 Å². The van der Waals surface area contributed by atoms with Crippen molar-refractivity contribution in [3.63, 3.8) is 0 Å². The van der Waals surface area contributed by atoms with Gasteiger partial charge in [-0.1, -0.05) is 29.8 Å². The molecule has 1 aliphatic heterocycles. The van der Waals surface area contributed by atoms with Crippen molar-refractivity contribution in [1.82, 2.24) is 0 Å². The number of hydrogen-bond donors (Lipinski definition) is 0. The first-order chi connectivity index (χ1) is 14.9. The minimum Gasteiger partial charge on any atom is -0.461 e. The number of esters is 2. The largest absolute Gasteiger partial charge is 0.461 e. The lowest BCUT2D eigenvalue weighted by Gasteiger charge is -2.40. The summed E-state index contributed by atoms with van der Waals surface area (Å²) >= 11 is 6.07. The van der Waals surface area contributed by atoms with Gasteiger partial charge in [0, 0.05) is 16.4 Å². The van der Waals surface area contributed by atoms with Gasteiger partial charge in [-0.2, -0.15) is 0 Å². The number of benzene rings is 2. The third-order valence-corrected chi connectivity index (χ3v) is 5.09. The summed E-state index contributed by atoms with van der Waals surface area (Å²) in [6.45, 7) is 7.54. The number of rotatable bonds is 6. The fraction of sp³-hybridized carbons (Fsp3) is 0.250. The standard InChI is InChI=1S/C24H25ClN2O4/c1-5-30-23(28)21-16(3)26(20-14-12-18(25)13-15-20)17(4)22(24(29)31-6-2)27(21)19-10-8-7-9-11-19/h7-15H,5-6H2,1-4H3. The summed E-state index contributed by atoms with van der Waals surface area (Å²) in [5.41, 5.74) is 3.15. The van der Waals surface area contributed by atoms with E-state index in [4.69, 9.17) is 21.1 Å². The lowest BCUT2D eigenvalue weighted by Crippen LogP contribution is -2.42. The van der Waals surface area contributed by atoms with Crippen molar-refractivity contribution in [1.29, 1.82) is 0 Å². The van der Waals surface area contributed by atoms with E-state index in [0.717, 1.165) is 5.69 Å². The topological polar surface area (TPSA) is 59.1 Å². The summed E-state index contributed by atoms with van der Waals surface area (Å²) in [4.78, 5) is 29.7. The van der Waals surface area contributed by atoms with Crippen LogP contribution < -0.4 is 9.80 Å². The van der Waals surface area contributed by atoms with Crippen molar-refractivity contribution >= 4 is 34.9 Å². The van der Waals surface area contributed by atoms with E-state index >= 15 is 0 Å². The van der Waals surface area contributed by atoms with Gasteiger partial charge in [-0.15, -0.1) is 0 Å². The van der Waals surface area contributed by atoms with Crippen LogP contribution in [-0.4, -0.2) is 25.2 Å². The summed E-state index contributed by atoms with van der Waals surface area (Å²) < 4.78 is 10.7. The zero-order valence-corrected chi connectivity index (χ0v) is 18.8. The molecule has 7 heteroatoms. The smallest absolute Gasteiger partial charge is 0.357 e. The monoisotopic (exact) mass is 440 g/mol. The van der Waals surface area contributed by atoms with E-state index in [2.05, 4.69) is 0 Å². The van der Waals surface area contributed by atoms with E-state index in [-0.39, 0.29) is 24.6 Å². The average molecular weight is 441 g/mol. The van der Waals surface area contributed by atoms with Crippen LogP contribution in [0.5, 0.6) is 0 Å². The second-order valence-corrected chi connectivity index (χ2v) is 7.23. The Morgan fingerprint density at radius 3 is 1.65 bits per heavy atom. The molecule has 0 N–H and O–H groups in total. The van der Waals surface area contributed by atoms with Crippen LogP contribution in [0.2, 0.25) is 5.02 Å². The van der Waals surface area contributed by atoms with Gasteiger partial charge in [-0.3, -0.25) is 4.90 Å². The number of halogens is 1. The van der Waals surface area contributed by atoms with E-state index in [1.54, 1.807) is 30.9 Å². The minimum absolute atomic E-state index is 0.205. The molecule has 0 fully saturated rings. The van der Waals surface area contributed by atoms with Gasteiger partial charge in [0.1, 0.15) is 0 Å². The van der Waals surface area contributed by atoms with Crippen LogP contribution >= 0.6 is 11.6 Å². The molecule has 0 radical (unpaired) electrons. The molecule has 1 heterocycles. The zero-order chi connectivity index (χ0) is 22.5. The van der Waals surface area contributed by atoms with Gasteiger partial charge in [-0.05, 0) is 64.1 Å². The summed E-state index contributed by atoms with van der Waals surface area (Å²) in [5.74, 6) is -1.06. The van der Waals surface area contributed by atoms with Crippen LogP contribution in [0.3, 0.4) is 0 Å². The lowest BCUT2D eigenvalue weighted by atomic mass is 10.1. The second kappa shape index (κ2) is 9.71. The molecule has 6 nitrogen and oxygen atoms in total. The highest BCUT2D eigenvalue weighted by atomic mass is 35.5. The number of para-hydroxylation sites is 1. The Labute approximate surface area is 187 Å². The van der Waals surface area contributed by atoms with Crippen molar-refractivity contribution in [3.05, 3.63) is 82.4 Å². The predicted molar refractivity (Wildman–Crippen MR) is 122 cm³/mol. The maximum atomic E-state index is 13.1. The Morgan fingerprint density at radius 1 is 0.742 bits per heavy atom. The van der Waals surface area contributed by atoms with Crippen LogP contribution in [-0.2, 0) is 19.1 Å². The Bertz CT molecular complexity index is 987. The predicted octanol–water partition coefficient (Wildman–Crippen LogP) is 5.26. The van der Waals surface area contributed by atoms with Gasteiger partial charge in [-0.25, -0.2) is 9.59 Å². The molecule has 3 rings (SSSR count). The van der Waals surface area contributed by atoms with E-state index < -0.39 is 11.9 Å². The van der Waals surface area contributed by atoms with E-state index in [1.807, 2.05) is 61.2 Å². The quantitative estimate of drug-likeness (QED) is 0.571. The molecule has 162 valence electrons. The first-order valence-electron chi connectivity index (χ1n) is 10.1. The molecule has 2 aromatic rings. The molecular weight excluding hydrogens is 416 g/mol. The van der Waals surface area contributed by atoms with Gasteiger partial charge in [0.25, 0.3) is 0 Å². The maximum Gasteiger partial charge on any atom is 0.357 e. The van der Waals surface area contributed by atoms with Crippen molar-refractivity contribution in [2.75, 3.05) is 23.0 Å². The van der Waals surface area contributed by atoms with Gasteiger partial charge in [0.15, 0.2) is 11.4 Å². The number of nitrogens with zero attached hydrogens (tertiary/aromatic N) is 2. The number of carbonyl (C=O) groups excluding carboxylic acids is 2. The second-order valence-electron chi connectivity index (χ2n) is 6.79. The summed E-state index contributed by atoms with van der Waals surface area (Å²) in [7, 11) is 0. The van der Waals surface area contributed by atoms with Crippen LogP contribution in [0.4, 0.5) is 11.4 Å². The van der Waals surface area contributed by atoms with Crippen LogP contribution in [0.1, 0.15) is 27.7 Å². The molecular formula is C24H25ClN2O4. The Hall–Kier alpha value is -3.25. The van der Waals surface area contributed by atoms with E-state index in [0.29, 0.717) is 22.1 Å².